The summed E-state index contributed by atoms with van der Waals surface area (Å²) in [6.07, 6.45) is -2.65. The lowest BCUT2D eigenvalue weighted by Crippen LogP contribution is -2.57. The van der Waals surface area contributed by atoms with E-state index < -0.39 is 28.8 Å². The number of nitrogens with zero attached hydrogens (tertiary/aromatic N) is 1. The first-order valence-electron chi connectivity index (χ1n) is 7.39. The molecule has 0 bridgehead atoms. The van der Waals surface area contributed by atoms with Gasteiger partial charge in [0, 0.05) is 37.6 Å². The number of benzene rings is 1. The number of hydrogen-bond donors (Lipinski definition) is 2. The Labute approximate surface area is 156 Å². The van der Waals surface area contributed by atoms with Gasteiger partial charge in [0.25, 0.3) is 0 Å². The summed E-state index contributed by atoms with van der Waals surface area (Å²) in [7, 11) is -3.98. The van der Waals surface area contributed by atoms with Crippen molar-refractivity contribution < 1.29 is 21.6 Å². The van der Waals surface area contributed by atoms with Crippen molar-refractivity contribution in [1.82, 2.24) is 14.9 Å². The fourth-order valence-electron chi connectivity index (χ4n) is 2.47. The van der Waals surface area contributed by atoms with E-state index in [0.717, 1.165) is 4.90 Å². The first-order valence-corrected chi connectivity index (χ1v) is 10.1. The molecule has 1 fully saturated rings. The number of halogens is 4. The molecule has 5 nitrogen and oxygen atoms in total. The minimum Gasteiger partial charge on any atom is -0.314 e. The van der Waals surface area contributed by atoms with Crippen LogP contribution in [0.3, 0.4) is 0 Å². The molecule has 0 saturated carbocycles. The van der Waals surface area contributed by atoms with Gasteiger partial charge in [0.15, 0.2) is 0 Å². The topological polar surface area (TPSA) is 61.4 Å². The molecule has 1 aliphatic heterocycles. The molecule has 1 heterocycles. The highest BCUT2D eigenvalue weighted by Crippen LogP contribution is 2.25. The molecule has 1 aromatic rings. The van der Waals surface area contributed by atoms with Gasteiger partial charge in [-0.25, -0.2) is 13.1 Å². The zero-order valence-corrected chi connectivity index (χ0v) is 16.0. The van der Waals surface area contributed by atoms with Crippen molar-refractivity contribution in [3.05, 3.63) is 24.3 Å². The highest BCUT2D eigenvalue weighted by Gasteiger charge is 2.44. The average Bonchev–Trinajstić information content (AvgIpc) is 2.54. The Hall–Kier alpha value is -0.520. The normalized spacial score (nSPS) is 17.8. The lowest BCUT2D eigenvalue weighted by atomic mass is 10.2. The molecule has 0 spiro atoms. The first kappa shape index (κ1) is 22.5. The lowest BCUT2D eigenvalue weighted by molar-refractivity contribution is -0.182. The Morgan fingerprint density at radius 2 is 1.80 bits per heavy atom. The van der Waals surface area contributed by atoms with Crippen LogP contribution in [-0.4, -0.2) is 64.5 Å². The highest BCUT2D eigenvalue weighted by molar-refractivity contribution is 7.98. The summed E-state index contributed by atoms with van der Waals surface area (Å²) < 4.78 is 66.4. The molecule has 144 valence electrons. The largest absolute Gasteiger partial charge is 0.405 e. The van der Waals surface area contributed by atoms with Gasteiger partial charge >= 0.3 is 6.18 Å². The van der Waals surface area contributed by atoms with Crippen LogP contribution in [0.5, 0.6) is 0 Å². The first-order chi connectivity index (χ1) is 11.2. The Kier molecular flexibility index (Phi) is 8.49. The van der Waals surface area contributed by atoms with E-state index in [1.807, 2.05) is 6.26 Å². The van der Waals surface area contributed by atoms with Crippen molar-refractivity contribution in [3.63, 3.8) is 0 Å². The summed E-state index contributed by atoms with van der Waals surface area (Å²) in [5, 5.41) is 2.98. The van der Waals surface area contributed by atoms with Crippen LogP contribution in [-0.2, 0) is 10.0 Å². The fourth-order valence-corrected chi connectivity index (χ4v) is 3.92. The van der Waals surface area contributed by atoms with Gasteiger partial charge < -0.3 is 5.32 Å². The summed E-state index contributed by atoms with van der Waals surface area (Å²) in [5.74, 6) is 0. The molecule has 0 amide bonds. The number of hydrogen-bond acceptors (Lipinski definition) is 5. The number of thioether (sulfide) groups is 1. The van der Waals surface area contributed by atoms with Gasteiger partial charge in [0.1, 0.15) is 6.04 Å². The van der Waals surface area contributed by atoms with Crippen LogP contribution in [0.4, 0.5) is 13.2 Å². The van der Waals surface area contributed by atoms with Crippen molar-refractivity contribution in [2.45, 2.75) is 22.0 Å². The molecule has 1 aromatic carbocycles. The van der Waals surface area contributed by atoms with Crippen molar-refractivity contribution in [3.8, 4) is 0 Å². The van der Waals surface area contributed by atoms with E-state index in [1.165, 1.54) is 28.8 Å². The Balaban J connectivity index is 0.00000312. The van der Waals surface area contributed by atoms with Crippen LogP contribution in [0.25, 0.3) is 0 Å². The maximum atomic E-state index is 13.3. The molecular formula is C14H21ClF3N3O2S2. The number of sulfonamides is 1. The average molecular weight is 420 g/mol. The molecule has 1 atom stereocenters. The molecule has 2 rings (SSSR count). The number of piperazine rings is 1. The lowest BCUT2D eigenvalue weighted by Gasteiger charge is -2.35. The van der Waals surface area contributed by atoms with E-state index in [-0.39, 0.29) is 30.4 Å². The predicted octanol–water partition coefficient (Wildman–Crippen LogP) is 1.94. The third-order valence-electron chi connectivity index (χ3n) is 3.81. The maximum absolute atomic E-state index is 13.3. The zero-order valence-electron chi connectivity index (χ0n) is 13.5. The second kappa shape index (κ2) is 9.43. The van der Waals surface area contributed by atoms with Crippen LogP contribution in [0.15, 0.2) is 34.1 Å². The van der Waals surface area contributed by atoms with Crippen LogP contribution in [0, 0.1) is 0 Å². The summed E-state index contributed by atoms with van der Waals surface area (Å²) in [6, 6.07) is 4.19. The van der Waals surface area contributed by atoms with Gasteiger partial charge in [-0.05, 0) is 30.5 Å². The van der Waals surface area contributed by atoms with E-state index in [0.29, 0.717) is 13.1 Å². The number of nitrogens with one attached hydrogen (secondary N) is 2. The fraction of sp³-hybridized carbons (Fsp3) is 0.571. The van der Waals surface area contributed by atoms with Crippen molar-refractivity contribution in [1.29, 1.82) is 0 Å². The Morgan fingerprint density at radius 1 is 1.24 bits per heavy atom. The third-order valence-corrected chi connectivity index (χ3v) is 5.99. The van der Waals surface area contributed by atoms with Crippen LogP contribution < -0.4 is 10.0 Å². The third kappa shape index (κ3) is 6.30. The summed E-state index contributed by atoms with van der Waals surface area (Å²) in [4.78, 5) is 2.10. The smallest absolute Gasteiger partial charge is 0.314 e. The molecule has 25 heavy (non-hydrogen) atoms. The molecule has 1 aliphatic rings. The van der Waals surface area contributed by atoms with E-state index in [2.05, 4.69) is 10.0 Å². The van der Waals surface area contributed by atoms with E-state index in [1.54, 1.807) is 12.1 Å². The molecule has 0 radical (unpaired) electrons. The van der Waals surface area contributed by atoms with Crippen molar-refractivity contribution in [2.75, 3.05) is 39.0 Å². The predicted molar refractivity (Wildman–Crippen MR) is 94.9 cm³/mol. The SMILES string of the molecule is CSc1ccc(S(=O)(=O)NCC(N2CCNCC2)C(F)(F)F)cc1.Cl. The van der Waals surface area contributed by atoms with E-state index >= 15 is 0 Å². The summed E-state index contributed by atoms with van der Waals surface area (Å²) in [5.41, 5.74) is 0. The van der Waals surface area contributed by atoms with Gasteiger partial charge in [-0.15, -0.1) is 24.2 Å². The number of rotatable bonds is 6. The molecule has 0 aromatic heterocycles. The molecule has 1 saturated heterocycles. The Bertz CT molecular complexity index is 636. The quantitative estimate of drug-likeness (QED) is 0.690. The second-order valence-electron chi connectivity index (χ2n) is 5.37. The molecule has 1 unspecified atom stereocenters. The second-order valence-corrected chi connectivity index (χ2v) is 8.02. The standard InChI is InChI=1S/C14H20F3N3O2S2.ClH/c1-23-11-2-4-12(5-3-11)24(21,22)19-10-13(14(15,16)17)20-8-6-18-7-9-20;/h2-5,13,18-19H,6-10H2,1H3;1H. The van der Waals surface area contributed by atoms with E-state index in [4.69, 9.17) is 0 Å². The number of alkyl halides is 3. The monoisotopic (exact) mass is 419 g/mol. The van der Waals surface area contributed by atoms with Crippen LogP contribution in [0.1, 0.15) is 0 Å². The molecule has 2 N–H and O–H groups in total. The molecular weight excluding hydrogens is 399 g/mol. The van der Waals surface area contributed by atoms with Gasteiger partial charge in [-0.3, -0.25) is 4.90 Å². The van der Waals surface area contributed by atoms with Crippen molar-refractivity contribution >= 4 is 34.2 Å². The molecule has 0 aliphatic carbocycles. The minimum atomic E-state index is -4.50. The molecule has 11 heteroatoms. The van der Waals surface area contributed by atoms with Gasteiger partial charge in [0.2, 0.25) is 10.0 Å². The minimum absolute atomic E-state index is 0. The van der Waals surface area contributed by atoms with Crippen LogP contribution >= 0.6 is 24.2 Å². The Morgan fingerprint density at radius 3 is 2.28 bits per heavy atom. The zero-order chi connectivity index (χ0) is 17.8. The summed E-state index contributed by atoms with van der Waals surface area (Å²) >= 11 is 1.45. The van der Waals surface area contributed by atoms with Crippen LogP contribution in [0.2, 0.25) is 0 Å². The maximum Gasteiger partial charge on any atom is 0.405 e. The summed E-state index contributed by atoms with van der Waals surface area (Å²) in [6.45, 7) is 0.670. The van der Waals surface area contributed by atoms with Gasteiger partial charge in [-0.2, -0.15) is 13.2 Å². The highest BCUT2D eigenvalue weighted by atomic mass is 35.5. The van der Waals surface area contributed by atoms with Gasteiger partial charge in [0.05, 0.1) is 4.90 Å². The van der Waals surface area contributed by atoms with E-state index in [9.17, 15) is 21.6 Å². The van der Waals surface area contributed by atoms with Crippen molar-refractivity contribution in [2.24, 2.45) is 0 Å². The van der Waals surface area contributed by atoms with Gasteiger partial charge in [-0.1, -0.05) is 0 Å².